The molecule has 1 aliphatic heterocycles. The zero-order valence-electron chi connectivity index (χ0n) is 9.65. The van der Waals surface area contributed by atoms with Gasteiger partial charge >= 0.3 is 0 Å². The van der Waals surface area contributed by atoms with Crippen molar-refractivity contribution >= 4 is 34.2 Å². The molecule has 0 unspecified atom stereocenters. The van der Waals surface area contributed by atoms with Crippen LogP contribution < -0.4 is 5.73 Å². The van der Waals surface area contributed by atoms with Crippen LogP contribution in [0.1, 0.15) is 18.1 Å². The molecule has 1 aromatic rings. The van der Waals surface area contributed by atoms with E-state index in [-0.39, 0.29) is 18.3 Å². The second kappa shape index (κ2) is 5.85. The number of carbonyl (C=O) groups excluding carboxylic acids is 1. The Balaban J connectivity index is 0.00000144. The zero-order valence-corrected chi connectivity index (χ0v) is 12.1. The summed E-state index contributed by atoms with van der Waals surface area (Å²) >= 11 is 3.53. The van der Waals surface area contributed by atoms with Gasteiger partial charge in [0, 0.05) is 17.6 Å². The largest absolute Gasteiger partial charge is 0.337 e. The van der Waals surface area contributed by atoms with Crippen molar-refractivity contribution in [3.8, 4) is 0 Å². The van der Waals surface area contributed by atoms with Crippen molar-refractivity contribution < 1.29 is 4.79 Å². The zero-order chi connectivity index (χ0) is 11.7. The van der Waals surface area contributed by atoms with E-state index in [0.717, 1.165) is 17.4 Å². The Bertz CT molecular complexity index is 423. The van der Waals surface area contributed by atoms with Crippen LogP contribution in [0.4, 0.5) is 0 Å². The summed E-state index contributed by atoms with van der Waals surface area (Å²) in [6.45, 7) is 3.17. The molecule has 0 bridgehead atoms. The molecule has 0 saturated heterocycles. The first-order valence-corrected chi connectivity index (χ1v) is 6.19. The number of fused-ring (bicyclic) bond motifs is 1. The van der Waals surface area contributed by atoms with Gasteiger partial charge in [-0.2, -0.15) is 0 Å². The van der Waals surface area contributed by atoms with Gasteiger partial charge in [0.05, 0.1) is 6.04 Å². The highest BCUT2D eigenvalue weighted by Gasteiger charge is 2.23. The number of carbonyl (C=O) groups is 1. The Morgan fingerprint density at radius 3 is 2.88 bits per heavy atom. The molecule has 0 fully saturated rings. The van der Waals surface area contributed by atoms with Gasteiger partial charge in [-0.15, -0.1) is 12.4 Å². The van der Waals surface area contributed by atoms with Crippen molar-refractivity contribution in [1.29, 1.82) is 0 Å². The van der Waals surface area contributed by atoms with Gasteiger partial charge < -0.3 is 10.6 Å². The Labute approximate surface area is 116 Å². The standard InChI is InChI=1S/C12H15BrN2O.ClH/c1-8(14)12(16)15-6-5-9-3-2-4-11(13)10(9)7-15;/h2-4,8H,5-7,14H2,1H3;1H/t8-;/m1./s1. The van der Waals surface area contributed by atoms with Gasteiger partial charge in [0.15, 0.2) is 0 Å². The molecule has 1 amide bonds. The molecule has 0 aliphatic carbocycles. The van der Waals surface area contributed by atoms with Crippen LogP contribution in [0, 0.1) is 0 Å². The van der Waals surface area contributed by atoms with Gasteiger partial charge in [-0.05, 0) is 30.5 Å². The maximum atomic E-state index is 11.8. The number of halogens is 2. The van der Waals surface area contributed by atoms with Gasteiger partial charge in [0.1, 0.15) is 0 Å². The maximum absolute atomic E-state index is 11.8. The predicted molar refractivity (Wildman–Crippen MR) is 74.2 cm³/mol. The molecule has 3 nitrogen and oxygen atoms in total. The lowest BCUT2D eigenvalue weighted by atomic mass is 9.99. The first-order chi connectivity index (χ1) is 7.59. The van der Waals surface area contributed by atoms with Crippen molar-refractivity contribution in [3.05, 3.63) is 33.8 Å². The monoisotopic (exact) mass is 318 g/mol. The lowest BCUT2D eigenvalue weighted by Crippen LogP contribution is -2.44. The fourth-order valence-electron chi connectivity index (χ4n) is 2.02. The third kappa shape index (κ3) is 3.00. The second-order valence-corrected chi connectivity index (χ2v) is 5.03. The SMILES string of the molecule is C[C@@H](N)C(=O)N1CCc2cccc(Br)c2C1.Cl. The van der Waals surface area contributed by atoms with Crippen LogP contribution in [-0.4, -0.2) is 23.4 Å². The van der Waals surface area contributed by atoms with Gasteiger partial charge in [0.25, 0.3) is 0 Å². The number of hydrogen-bond acceptors (Lipinski definition) is 2. The fraction of sp³-hybridized carbons (Fsp3) is 0.417. The minimum absolute atomic E-state index is 0. The van der Waals surface area contributed by atoms with E-state index in [4.69, 9.17) is 5.73 Å². The molecular formula is C12H16BrClN2O. The summed E-state index contributed by atoms with van der Waals surface area (Å²) in [6.07, 6.45) is 0.910. The molecule has 0 aromatic heterocycles. The number of rotatable bonds is 1. The summed E-state index contributed by atoms with van der Waals surface area (Å²) in [6, 6.07) is 5.75. The molecular weight excluding hydrogens is 304 g/mol. The number of hydrogen-bond donors (Lipinski definition) is 1. The topological polar surface area (TPSA) is 46.3 Å². The summed E-state index contributed by atoms with van der Waals surface area (Å²) < 4.78 is 1.08. The van der Waals surface area contributed by atoms with Crippen molar-refractivity contribution in [2.24, 2.45) is 5.73 Å². The molecule has 2 rings (SSSR count). The Kier molecular flexibility index (Phi) is 4.98. The first kappa shape index (κ1) is 14.5. The third-order valence-electron chi connectivity index (χ3n) is 2.92. The summed E-state index contributed by atoms with van der Waals surface area (Å²) in [5.74, 6) is 0.0291. The van der Waals surface area contributed by atoms with Crippen molar-refractivity contribution in [1.82, 2.24) is 4.90 Å². The highest BCUT2D eigenvalue weighted by molar-refractivity contribution is 9.10. The van der Waals surface area contributed by atoms with Crippen LogP contribution in [0.2, 0.25) is 0 Å². The Morgan fingerprint density at radius 2 is 2.24 bits per heavy atom. The smallest absolute Gasteiger partial charge is 0.239 e. The van der Waals surface area contributed by atoms with Gasteiger partial charge in [0.2, 0.25) is 5.91 Å². The van der Waals surface area contributed by atoms with Crippen molar-refractivity contribution in [3.63, 3.8) is 0 Å². The summed E-state index contributed by atoms with van der Waals surface area (Å²) in [7, 11) is 0. The van der Waals surface area contributed by atoms with Crippen molar-refractivity contribution in [2.45, 2.75) is 25.9 Å². The molecule has 1 aliphatic rings. The average molecular weight is 320 g/mol. The van der Waals surface area contributed by atoms with Crippen LogP contribution in [0.5, 0.6) is 0 Å². The molecule has 0 saturated carbocycles. The highest BCUT2D eigenvalue weighted by Crippen LogP contribution is 2.26. The first-order valence-electron chi connectivity index (χ1n) is 5.40. The van der Waals surface area contributed by atoms with E-state index in [0.29, 0.717) is 6.54 Å². The molecule has 1 atom stereocenters. The van der Waals surface area contributed by atoms with Gasteiger partial charge in [-0.25, -0.2) is 0 Å². The minimum atomic E-state index is -0.413. The van der Waals surface area contributed by atoms with E-state index in [2.05, 4.69) is 22.0 Å². The summed E-state index contributed by atoms with van der Waals surface area (Å²) in [4.78, 5) is 13.6. The van der Waals surface area contributed by atoms with E-state index >= 15 is 0 Å². The molecule has 2 N–H and O–H groups in total. The number of benzene rings is 1. The van der Waals surface area contributed by atoms with Crippen molar-refractivity contribution in [2.75, 3.05) is 6.54 Å². The second-order valence-electron chi connectivity index (χ2n) is 4.18. The lowest BCUT2D eigenvalue weighted by molar-refractivity contribution is -0.133. The van der Waals surface area contributed by atoms with Crippen LogP contribution in [-0.2, 0) is 17.8 Å². The Morgan fingerprint density at radius 1 is 1.53 bits per heavy atom. The maximum Gasteiger partial charge on any atom is 0.239 e. The van der Waals surface area contributed by atoms with Gasteiger partial charge in [-0.1, -0.05) is 28.1 Å². The lowest BCUT2D eigenvalue weighted by Gasteiger charge is -2.30. The summed E-state index contributed by atoms with van der Waals surface area (Å²) in [5, 5.41) is 0. The predicted octanol–water partition coefficient (Wildman–Crippen LogP) is 2.10. The van der Waals surface area contributed by atoms with Crippen LogP contribution in [0.25, 0.3) is 0 Å². The molecule has 0 spiro atoms. The average Bonchev–Trinajstić information content (AvgIpc) is 2.28. The van der Waals surface area contributed by atoms with E-state index in [1.807, 2.05) is 17.0 Å². The van der Waals surface area contributed by atoms with Crippen LogP contribution in [0.15, 0.2) is 22.7 Å². The normalized spacial score (nSPS) is 15.8. The van der Waals surface area contributed by atoms with E-state index in [1.165, 1.54) is 11.1 Å². The highest BCUT2D eigenvalue weighted by atomic mass is 79.9. The number of amides is 1. The number of nitrogens with two attached hydrogens (primary N) is 1. The molecule has 1 aromatic carbocycles. The van der Waals surface area contributed by atoms with E-state index < -0.39 is 6.04 Å². The summed E-state index contributed by atoms with van der Waals surface area (Å²) in [5.41, 5.74) is 8.16. The minimum Gasteiger partial charge on any atom is -0.337 e. The number of nitrogens with zero attached hydrogens (tertiary/aromatic N) is 1. The van der Waals surface area contributed by atoms with Crippen LogP contribution >= 0.6 is 28.3 Å². The Hall–Kier alpha value is -0.580. The molecule has 5 heteroatoms. The molecule has 94 valence electrons. The molecule has 0 radical (unpaired) electrons. The molecule has 17 heavy (non-hydrogen) atoms. The fourth-order valence-corrected chi connectivity index (χ4v) is 2.55. The van der Waals surface area contributed by atoms with Crippen LogP contribution in [0.3, 0.4) is 0 Å². The quantitative estimate of drug-likeness (QED) is 0.861. The van der Waals surface area contributed by atoms with E-state index in [9.17, 15) is 4.79 Å². The van der Waals surface area contributed by atoms with E-state index in [1.54, 1.807) is 6.92 Å². The third-order valence-corrected chi connectivity index (χ3v) is 3.66. The van der Waals surface area contributed by atoms with Gasteiger partial charge in [-0.3, -0.25) is 4.79 Å². The molecule has 1 heterocycles.